The summed E-state index contributed by atoms with van der Waals surface area (Å²) in [5, 5.41) is 4.31. The van der Waals surface area contributed by atoms with Gasteiger partial charge in [0.15, 0.2) is 0 Å². The molecular weight excluding hydrogens is 620 g/mol. The Bertz CT molecular complexity index is 711. The molecule has 0 N–H and O–H groups in total. The maximum Gasteiger partial charge on any atom is 0.102 e. The van der Waals surface area contributed by atoms with Gasteiger partial charge in [0.05, 0.1) is 7.92 Å². The molecule has 4 aromatic rings. The van der Waals surface area contributed by atoms with Crippen molar-refractivity contribution in [2.45, 2.75) is 0 Å². The molecule has 0 saturated carbocycles. The smallest absolute Gasteiger partial charge is 0.102 e. The summed E-state index contributed by atoms with van der Waals surface area (Å²) in [7, 11) is 0.500. The van der Waals surface area contributed by atoms with Crippen molar-refractivity contribution < 1.29 is 8.26 Å². The molecule has 0 atom stereocenters. The normalized spacial score (nSPS) is 9.74. The molecule has 0 aliphatic carbocycles. The van der Waals surface area contributed by atoms with E-state index >= 15 is 0 Å². The van der Waals surface area contributed by atoms with E-state index in [0.29, 0.717) is 0 Å². The van der Waals surface area contributed by atoms with Crippen LogP contribution in [0.15, 0.2) is 121 Å². The molecule has 0 unspecified atom stereocenters. The predicted molar refractivity (Wildman–Crippen MR) is 137 cm³/mol. The molecule has 0 aromatic heterocycles. The third kappa shape index (κ3) is 8.53. The summed E-state index contributed by atoms with van der Waals surface area (Å²) in [6.07, 6.45) is 0. The third-order valence-corrected chi connectivity index (χ3v) is 6.47. The summed E-state index contributed by atoms with van der Waals surface area (Å²) < 4.78 is 0. The van der Waals surface area contributed by atoms with E-state index in [4.69, 9.17) is 0 Å². The minimum absolute atomic E-state index is 0.877. The number of hydrogen-bond donors (Lipinski definition) is 0. The van der Waals surface area contributed by atoms with Crippen LogP contribution in [0.5, 0.6) is 0 Å². The first kappa shape index (κ1) is 22.7. The van der Waals surface area contributed by atoms with Crippen molar-refractivity contribution in [2.24, 2.45) is 0 Å². The number of hydrogen-bond acceptors (Lipinski definition) is 0. The van der Waals surface area contributed by atoms with E-state index in [-0.39, 0.29) is 0 Å². The zero-order chi connectivity index (χ0) is 19.2. The summed E-state index contributed by atoms with van der Waals surface area (Å²) in [5.74, 6) is 0. The average Bonchev–Trinajstić information content (AvgIpc) is 3.32. The zero-order valence-corrected chi connectivity index (χ0v) is 21.0. The average molecular weight is 641 g/mol. The Balaban J connectivity index is 0.000000274. The number of rotatable bonds is 3. The first-order chi connectivity index (χ1) is 13.4. The monoisotopic (exact) mass is 641 g/mol. The Labute approximate surface area is 192 Å². The Morgan fingerprint density at radius 2 is 0.815 bits per heavy atom. The molecule has 27 heavy (non-hydrogen) atoms. The van der Waals surface area contributed by atoms with Gasteiger partial charge in [0, 0.05) is 0 Å². The van der Waals surface area contributed by atoms with Crippen molar-refractivity contribution in [3.8, 4) is 0 Å². The van der Waals surface area contributed by atoms with Crippen LogP contribution in [0.2, 0.25) is 0 Å². The number of benzene rings is 3. The molecule has 0 bridgehead atoms. The third-order valence-electron chi connectivity index (χ3n) is 3.74. The molecule has 0 spiro atoms. The molecule has 0 heterocycles. The largest absolute Gasteiger partial charge is 0.214 e. The van der Waals surface area contributed by atoms with Crippen molar-refractivity contribution in [2.75, 3.05) is 0 Å². The van der Waals surface area contributed by atoms with Crippen LogP contribution in [0.3, 0.4) is 0 Å². The second-order valence-corrected chi connectivity index (χ2v) is 16.8. The molecule has 0 radical (unpaired) electrons. The van der Waals surface area contributed by atoms with Crippen LogP contribution < -0.4 is 15.9 Å². The van der Waals surface area contributed by atoms with Crippen LogP contribution in [0, 0.1) is 0 Å². The minimum atomic E-state index is -0.877. The molecular formula is C23H21CoI2P. The van der Waals surface area contributed by atoms with E-state index in [1.54, 1.807) is 0 Å². The molecule has 4 rings (SSSR count). The summed E-state index contributed by atoms with van der Waals surface area (Å²) in [6.45, 7) is 0. The first-order valence-electron chi connectivity index (χ1n) is 8.40. The SMILES string of the molecule is [I][Co][I].c1cc[cH-]c1.c1ccc([PH+](c2ccccc2)c2ccccc2)cc1. The maximum absolute atomic E-state index is 2.24. The molecule has 0 nitrogen and oxygen atoms in total. The van der Waals surface area contributed by atoms with Crippen LogP contribution in [0.1, 0.15) is 0 Å². The van der Waals surface area contributed by atoms with Crippen molar-refractivity contribution in [1.29, 1.82) is 0 Å². The van der Waals surface area contributed by atoms with Gasteiger partial charge in [-0.2, -0.15) is 18.2 Å². The molecule has 4 heteroatoms. The van der Waals surface area contributed by atoms with E-state index in [1.807, 2.05) is 30.3 Å². The van der Waals surface area contributed by atoms with Gasteiger partial charge in [-0.3, -0.25) is 0 Å². The second kappa shape index (κ2) is 14.4. The molecule has 0 amide bonds. The van der Waals surface area contributed by atoms with Gasteiger partial charge in [-0.25, -0.2) is 12.1 Å². The van der Waals surface area contributed by atoms with Gasteiger partial charge in [-0.1, -0.05) is 54.6 Å². The van der Waals surface area contributed by atoms with E-state index in [1.165, 1.54) is 24.2 Å². The van der Waals surface area contributed by atoms with E-state index in [0.717, 1.165) is 0 Å². The molecule has 0 aliphatic rings. The van der Waals surface area contributed by atoms with Crippen LogP contribution in [-0.4, -0.2) is 0 Å². The predicted octanol–water partition coefficient (Wildman–Crippen LogP) is 6.35. The van der Waals surface area contributed by atoms with Crippen LogP contribution >= 0.6 is 48.8 Å². The molecule has 0 saturated heterocycles. The molecule has 4 aromatic carbocycles. The van der Waals surface area contributed by atoms with Gasteiger partial charge in [0.25, 0.3) is 0 Å². The van der Waals surface area contributed by atoms with Gasteiger partial charge >= 0.3 is 49.1 Å². The maximum atomic E-state index is 2.24. The summed E-state index contributed by atoms with van der Waals surface area (Å²) in [4.78, 5) is 0. The first-order valence-corrected chi connectivity index (χ1v) is 16.6. The van der Waals surface area contributed by atoms with Gasteiger partial charge in [-0.15, -0.1) is 0 Å². The standard InChI is InChI=1S/C18H15P.C5H5.Co.2HI/c1-4-10-16(11-5-1)19(17-12-6-2-7-13-17)18-14-8-3-9-15-18;1-2-4-5-3-1;;;/h1-15H;1-5H;;2*1H/q;-1;+2;;/p-1. The Kier molecular flexibility index (Phi) is 12.1. The Hall–Kier alpha value is -0.594. The van der Waals surface area contributed by atoms with Crippen LogP contribution in [-0.2, 0) is 8.26 Å². The van der Waals surface area contributed by atoms with Crippen molar-refractivity contribution in [3.05, 3.63) is 121 Å². The van der Waals surface area contributed by atoms with E-state index < -0.39 is 7.92 Å². The van der Waals surface area contributed by atoms with Crippen LogP contribution in [0.25, 0.3) is 0 Å². The Morgan fingerprint density at radius 3 is 1.04 bits per heavy atom. The molecule has 141 valence electrons. The van der Waals surface area contributed by atoms with E-state index in [2.05, 4.69) is 132 Å². The Morgan fingerprint density at radius 1 is 0.519 bits per heavy atom. The van der Waals surface area contributed by atoms with Crippen LogP contribution in [0.4, 0.5) is 0 Å². The van der Waals surface area contributed by atoms with Gasteiger partial charge in [0.1, 0.15) is 15.9 Å². The fourth-order valence-electron chi connectivity index (χ4n) is 2.64. The second-order valence-electron chi connectivity index (χ2n) is 5.48. The fourth-order valence-corrected chi connectivity index (χ4v) is 5.21. The van der Waals surface area contributed by atoms with Crippen molar-refractivity contribution >= 4 is 64.7 Å². The quantitative estimate of drug-likeness (QED) is 0.139. The fraction of sp³-hybridized carbons (Fsp3) is 0. The van der Waals surface area contributed by atoms with Crippen molar-refractivity contribution in [3.63, 3.8) is 0 Å². The molecule has 0 fully saturated rings. The summed E-state index contributed by atoms with van der Waals surface area (Å²) >= 11 is 4.49. The zero-order valence-electron chi connectivity index (χ0n) is 14.6. The van der Waals surface area contributed by atoms with Gasteiger partial charge < -0.3 is 0 Å². The summed E-state index contributed by atoms with van der Waals surface area (Å²) in [6, 6.07) is 42.5. The topological polar surface area (TPSA) is 0 Å². The van der Waals surface area contributed by atoms with Gasteiger partial charge in [-0.05, 0) is 36.4 Å². The number of halogens is 2. The van der Waals surface area contributed by atoms with E-state index in [9.17, 15) is 0 Å². The minimum Gasteiger partial charge on any atom is -0.214 e. The summed E-state index contributed by atoms with van der Waals surface area (Å²) in [5.41, 5.74) is 0. The van der Waals surface area contributed by atoms with Gasteiger partial charge in [0.2, 0.25) is 0 Å². The van der Waals surface area contributed by atoms with Crippen molar-refractivity contribution in [1.82, 2.24) is 0 Å². The molecule has 0 aliphatic heterocycles.